The number of fused-ring (bicyclic) bond motifs is 1. The van der Waals surface area contributed by atoms with Crippen molar-refractivity contribution in [2.24, 2.45) is 5.92 Å². The summed E-state index contributed by atoms with van der Waals surface area (Å²) in [7, 11) is 0. The smallest absolute Gasteiger partial charge is 0.507 e. The number of hydrogen-bond acceptors (Lipinski definition) is 6. The molecular weight excluding hydrogens is 497 g/mol. The average Bonchev–Trinajstić information content (AvgIpc) is 3.36. The van der Waals surface area contributed by atoms with Gasteiger partial charge in [0.15, 0.2) is 5.82 Å². The molecule has 7 nitrogen and oxygen atoms in total. The fraction of sp³-hybridized carbons (Fsp3) is 0.250. The van der Waals surface area contributed by atoms with E-state index < -0.39 is 6.36 Å². The second-order valence-corrected chi connectivity index (χ2v) is 9.25. The number of carbonyl (C=O) groups is 1. The van der Waals surface area contributed by atoms with E-state index in [2.05, 4.69) is 15.0 Å². The summed E-state index contributed by atoms with van der Waals surface area (Å²) in [6.45, 7) is 3.07. The van der Waals surface area contributed by atoms with E-state index in [0.717, 1.165) is 16.5 Å². The van der Waals surface area contributed by atoms with Crippen LogP contribution in [0.3, 0.4) is 0 Å². The van der Waals surface area contributed by atoms with Crippen molar-refractivity contribution in [1.82, 2.24) is 15.3 Å². The number of ether oxygens (including phenoxy) is 1. The van der Waals surface area contributed by atoms with Crippen LogP contribution >= 0.6 is 0 Å². The number of aromatic nitrogens is 2. The van der Waals surface area contributed by atoms with E-state index in [-0.39, 0.29) is 29.9 Å². The van der Waals surface area contributed by atoms with Gasteiger partial charge in [0.2, 0.25) is 5.91 Å². The molecule has 1 fully saturated rings. The van der Waals surface area contributed by atoms with Gasteiger partial charge in [-0.15, -0.1) is 13.2 Å². The Morgan fingerprint density at radius 1 is 1.11 bits per heavy atom. The maximum atomic E-state index is 12.9. The molecule has 2 N–H and O–H groups in total. The van der Waals surface area contributed by atoms with Gasteiger partial charge in [-0.05, 0) is 60.9 Å². The predicted molar refractivity (Wildman–Crippen MR) is 137 cm³/mol. The standard InChI is InChI=1S/C28H25F3N4O3/c1-17-9-10-21-23(13-17)33-25(22-7-2-3-8-24(22)36)34-26(21)35-12-11-19(16-35)27(37)32-15-18-5-4-6-20(14-18)38-28(29,30)31/h2-10,13-14,19,36H,11-12,15-16H2,1H3,(H,32,37). The molecule has 196 valence electrons. The summed E-state index contributed by atoms with van der Waals surface area (Å²) in [5.74, 6) is 0.306. The summed E-state index contributed by atoms with van der Waals surface area (Å²) in [6, 6.07) is 18.3. The number of para-hydroxylation sites is 1. The molecule has 3 aromatic carbocycles. The highest BCUT2D eigenvalue weighted by molar-refractivity contribution is 5.92. The number of halogens is 3. The lowest BCUT2D eigenvalue weighted by Crippen LogP contribution is -2.32. The minimum atomic E-state index is -4.78. The molecular formula is C28H25F3N4O3. The van der Waals surface area contributed by atoms with Crippen LogP contribution in [-0.2, 0) is 11.3 Å². The zero-order valence-corrected chi connectivity index (χ0v) is 20.5. The highest BCUT2D eigenvalue weighted by Gasteiger charge is 2.32. The topological polar surface area (TPSA) is 87.6 Å². The Labute approximate surface area is 216 Å². The molecule has 4 aromatic rings. The van der Waals surface area contributed by atoms with E-state index in [0.29, 0.717) is 42.3 Å². The Morgan fingerprint density at radius 2 is 1.92 bits per heavy atom. The molecule has 1 saturated heterocycles. The molecule has 10 heteroatoms. The molecule has 0 aliphatic carbocycles. The van der Waals surface area contributed by atoms with Gasteiger partial charge < -0.3 is 20.1 Å². The number of aryl methyl sites for hydroxylation is 1. The quantitative estimate of drug-likeness (QED) is 0.355. The van der Waals surface area contributed by atoms with Crippen molar-refractivity contribution in [3.63, 3.8) is 0 Å². The Kier molecular flexibility index (Phi) is 6.79. The molecule has 5 rings (SSSR count). The summed E-state index contributed by atoms with van der Waals surface area (Å²) in [5.41, 5.74) is 2.79. The Bertz CT molecular complexity index is 1490. The summed E-state index contributed by atoms with van der Waals surface area (Å²) in [6.07, 6.45) is -4.19. The van der Waals surface area contributed by atoms with E-state index in [1.165, 1.54) is 18.2 Å². The van der Waals surface area contributed by atoms with Crippen LogP contribution in [0, 0.1) is 12.8 Å². The number of nitrogens with zero attached hydrogens (tertiary/aromatic N) is 3. The number of benzene rings is 3. The Morgan fingerprint density at radius 3 is 2.71 bits per heavy atom. The monoisotopic (exact) mass is 522 g/mol. The van der Waals surface area contributed by atoms with Gasteiger partial charge in [-0.2, -0.15) is 0 Å². The van der Waals surface area contributed by atoms with Gasteiger partial charge in [-0.25, -0.2) is 9.97 Å². The summed E-state index contributed by atoms with van der Waals surface area (Å²) in [4.78, 5) is 24.4. The van der Waals surface area contributed by atoms with Crippen LogP contribution in [-0.4, -0.2) is 40.4 Å². The van der Waals surface area contributed by atoms with Crippen molar-refractivity contribution < 1.29 is 27.8 Å². The third kappa shape index (κ3) is 5.64. The van der Waals surface area contributed by atoms with E-state index in [9.17, 15) is 23.1 Å². The van der Waals surface area contributed by atoms with Gasteiger partial charge in [0.1, 0.15) is 17.3 Å². The van der Waals surface area contributed by atoms with Gasteiger partial charge >= 0.3 is 6.36 Å². The molecule has 1 atom stereocenters. The number of phenolic OH excluding ortho intramolecular Hbond substituents is 1. The second kappa shape index (κ2) is 10.2. The van der Waals surface area contributed by atoms with Crippen LogP contribution in [0.25, 0.3) is 22.3 Å². The normalized spacial score (nSPS) is 15.6. The average molecular weight is 523 g/mol. The molecule has 0 radical (unpaired) electrons. The van der Waals surface area contributed by atoms with Crippen LogP contribution in [0.15, 0.2) is 66.7 Å². The first-order valence-corrected chi connectivity index (χ1v) is 12.1. The van der Waals surface area contributed by atoms with Gasteiger partial charge in [-0.1, -0.05) is 30.3 Å². The fourth-order valence-corrected chi connectivity index (χ4v) is 4.60. The van der Waals surface area contributed by atoms with Crippen LogP contribution in [0.5, 0.6) is 11.5 Å². The molecule has 1 unspecified atom stereocenters. The van der Waals surface area contributed by atoms with Crippen LogP contribution in [0.4, 0.5) is 19.0 Å². The minimum Gasteiger partial charge on any atom is -0.507 e. The lowest BCUT2D eigenvalue weighted by atomic mass is 10.1. The third-order valence-electron chi connectivity index (χ3n) is 6.43. The Hall–Kier alpha value is -4.34. The number of carbonyl (C=O) groups excluding carboxylic acids is 1. The summed E-state index contributed by atoms with van der Waals surface area (Å²) in [5, 5.41) is 14.0. The van der Waals surface area contributed by atoms with Crippen molar-refractivity contribution in [3.8, 4) is 22.9 Å². The zero-order valence-electron chi connectivity index (χ0n) is 20.5. The van der Waals surface area contributed by atoms with Crippen molar-refractivity contribution in [3.05, 3.63) is 77.9 Å². The maximum Gasteiger partial charge on any atom is 0.573 e. The van der Waals surface area contributed by atoms with Crippen molar-refractivity contribution in [2.45, 2.75) is 26.3 Å². The number of anilines is 1. The van der Waals surface area contributed by atoms with Gasteiger partial charge in [-0.3, -0.25) is 4.79 Å². The van der Waals surface area contributed by atoms with Crippen LogP contribution in [0.1, 0.15) is 17.5 Å². The Balaban J connectivity index is 1.33. The van der Waals surface area contributed by atoms with Gasteiger partial charge in [0, 0.05) is 25.0 Å². The summed E-state index contributed by atoms with van der Waals surface area (Å²) < 4.78 is 41.5. The predicted octanol–water partition coefficient (Wildman–Crippen LogP) is 5.35. The highest BCUT2D eigenvalue weighted by atomic mass is 19.4. The number of nitrogens with one attached hydrogen (secondary N) is 1. The molecule has 1 aliphatic heterocycles. The lowest BCUT2D eigenvalue weighted by molar-refractivity contribution is -0.274. The SMILES string of the molecule is Cc1ccc2c(N3CCC(C(=O)NCc4cccc(OC(F)(F)F)c4)C3)nc(-c3ccccc3O)nc2c1. The van der Waals surface area contributed by atoms with Crippen molar-refractivity contribution in [1.29, 1.82) is 0 Å². The van der Waals surface area contributed by atoms with E-state index in [1.54, 1.807) is 30.3 Å². The molecule has 38 heavy (non-hydrogen) atoms. The van der Waals surface area contributed by atoms with E-state index in [4.69, 9.17) is 4.98 Å². The second-order valence-electron chi connectivity index (χ2n) is 9.25. The third-order valence-corrected chi connectivity index (χ3v) is 6.43. The first kappa shape index (κ1) is 25.3. The fourth-order valence-electron chi connectivity index (χ4n) is 4.60. The van der Waals surface area contributed by atoms with Gasteiger partial charge in [0.25, 0.3) is 0 Å². The molecule has 0 saturated carbocycles. The molecule has 1 aromatic heterocycles. The van der Waals surface area contributed by atoms with Crippen molar-refractivity contribution in [2.75, 3.05) is 18.0 Å². The zero-order chi connectivity index (χ0) is 26.9. The maximum absolute atomic E-state index is 12.9. The number of aromatic hydroxyl groups is 1. The first-order chi connectivity index (χ1) is 18.2. The minimum absolute atomic E-state index is 0.0776. The number of phenols is 1. The number of alkyl halides is 3. The van der Waals surface area contributed by atoms with E-state index in [1.807, 2.05) is 30.0 Å². The lowest BCUT2D eigenvalue weighted by Gasteiger charge is -2.20. The molecule has 0 bridgehead atoms. The number of amides is 1. The van der Waals surface area contributed by atoms with Crippen molar-refractivity contribution >= 4 is 22.6 Å². The molecule has 0 spiro atoms. The molecule has 1 amide bonds. The van der Waals surface area contributed by atoms with Gasteiger partial charge in [0.05, 0.1) is 17.0 Å². The molecule has 2 heterocycles. The van der Waals surface area contributed by atoms with Crippen LogP contribution in [0.2, 0.25) is 0 Å². The van der Waals surface area contributed by atoms with Crippen LogP contribution < -0.4 is 15.0 Å². The highest BCUT2D eigenvalue weighted by Crippen LogP contribution is 2.34. The first-order valence-electron chi connectivity index (χ1n) is 12.1. The molecule has 1 aliphatic rings. The van der Waals surface area contributed by atoms with E-state index >= 15 is 0 Å². The summed E-state index contributed by atoms with van der Waals surface area (Å²) >= 11 is 0. The largest absolute Gasteiger partial charge is 0.573 e. The number of hydrogen-bond donors (Lipinski definition) is 2. The number of rotatable bonds is 6.